The molecule has 12 heteroatoms. The predicted octanol–water partition coefficient (Wildman–Crippen LogP) is 4.57. The Hall–Kier alpha value is -1.10. The molecule has 0 aromatic rings. The summed E-state index contributed by atoms with van der Waals surface area (Å²) in [4.78, 5) is 0. The lowest BCUT2D eigenvalue weighted by Crippen LogP contribution is -2.69. The van der Waals surface area contributed by atoms with Gasteiger partial charge in [0.1, 0.15) is 0 Å². The Morgan fingerprint density at radius 3 is 1.11 bits per heavy atom. The minimum atomic E-state index is -7.55. The first-order valence-electron chi connectivity index (χ1n) is 3.92. The van der Waals surface area contributed by atoms with E-state index in [4.69, 9.17) is 0 Å². The van der Waals surface area contributed by atoms with Gasteiger partial charge in [0.05, 0.1) is 6.33 Å². The number of rotatable bonds is 3. The second-order valence-electron chi connectivity index (χ2n) is 3.14. The number of hydrogen-bond acceptors (Lipinski definition) is 0. The van der Waals surface area contributed by atoms with Crippen molar-refractivity contribution in [3.63, 3.8) is 0 Å². The summed E-state index contributed by atoms with van der Waals surface area (Å²) in [7, 11) is 0. The lowest BCUT2D eigenvalue weighted by Gasteiger charge is -2.38. The second kappa shape index (κ2) is 4.47. The molecular weight excluding hydrogens is 312 g/mol. The molecule has 0 heterocycles. The predicted molar refractivity (Wildman–Crippen MR) is 36.1 cm³/mol. The third kappa shape index (κ3) is 2.48. The van der Waals surface area contributed by atoms with Crippen molar-refractivity contribution in [3.05, 3.63) is 12.4 Å². The maximum absolute atomic E-state index is 12.8. The van der Waals surface area contributed by atoms with Gasteiger partial charge in [-0.2, -0.15) is 43.9 Å². The molecule has 0 fully saturated rings. The van der Waals surface area contributed by atoms with Crippen molar-refractivity contribution >= 4 is 0 Å². The summed E-state index contributed by atoms with van der Waals surface area (Å²) >= 11 is 0. The number of halogens is 12. The fourth-order valence-corrected chi connectivity index (χ4v) is 0.930. The summed E-state index contributed by atoms with van der Waals surface area (Å²) in [5.74, 6) is -13.7. The van der Waals surface area contributed by atoms with E-state index in [-0.39, 0.29) is 0 Å². The largest absolute Gasteiger partial charge is 0.438 e. The Balaban J connectivity index is 6.21. The summed E-state index contributed by atoms with van der Waals surface area (Å²) in [5.41, 5.74) is -7.55. The van der Waals surface area contributed by atoms with E-state index in [2.05, 4.69) is 0 Å². The molecular formula is C7H2F12. The molecule has 0 aliphatic heterocycles. The molecule has 0 atom stereocenters. The van der Waals surface area contributed by atoms with Gasteiger partial charge < -0.3 is 0 Å². The van der Waals surface area contributed by atoms with Crippen LogP contribution in [0.15, 0.2) is 12.4 Å². The van der Waals surface area contributed by atoms with Crippen molar-refractivity contribution in [3.8, 4) is 0 Å². The molecule has 0 bridgehead atoms. The highest BCUT2D eigenvalue weighted by Gasteiger charge is 2.89. The molecule has 114 valence electrons. The van der Waals surface area contributed by atoms with Crippen LogP contribution in [0.25, 0.3) is 0 Å². The van der Waals surface area contributed by atoms with Crippen molar-refractivity contribution in [2.24, 2.45) is 0 Å². The van der Waals surface area contributed by atoms with Crippen LogP contribution in [0.3, 0.4) is 0 Å². The highest BCUT2D eigenvalue weighted by atomic mass is 19.4. The molecule has 0 nitrogen and oxygen atoms in total. The summed E-state index contributed by atoms with van der Waals surface area (Å²) in [6, 6.07) is 0. The van der Waals surface area contributed by atoms with Gasteiger partial charge in [-0.3, -0.25) is 0 Å². The van der Waals surface area contributed by atoms with Crippen LogP contribution in [-0.4, -0.2) is 29.9 Å². The first-order valence-corrected chi connectivity index (χ1v) is 3.92. The minimum absolute atomic E-state index is 1.43. The smallest absolute Gasteiger partial charge is 0.216 e. The molecule has 0 amide bonds. The van der Waals surface area contributed by atoms with Crippen molar-refractivity contribution < 1.29 is 52.7 Å². The van der Waals surface area contributed by atoms with E-state index >= 15 is 0 Å². The standard InChI is InChI=1S/C7H2F12/c8-2-1-3(9,10)5(12,13)4(11,6(14,15)16)7(17,18)19/h1-2H. The normalized spacial score (nSPS) is 16.2. The van der Waals surface area contributed by atoms with Gasteiger partial charge in [-0.05, 0) is 0 Å². The van der Waals surface area contributed by atoms with Crippen molar-refractivity contribution in [2.45, 2.75) is 29.9 Å². The number of alkyl halides is 11. The Kier molecular flexibility index (Phi) is 4.22. The third-order valence-electron chi connectivity index (χ3n) is 1.90. The molecule has 0 aromatic carbocycles. The number of hydrogen-bond donors (Lipinski definition) is 0. The van der Waals surface area contributed by atoms with E-state index in [0.717, 1.165) is 0 Å². The highest BCUT2D eigenvalue weighted by Crippen LogP contribution is 2.59. The van der Waals surface area contributed by atoms with Gasteiger partial charge in [0.25, 0.3) is 0 Å². The SMILES string of the molecule is FC=CC(F)(F)C(F)(F)C(F)(C(F)(F)F)C(F)(F)F. The molecule has 0 aromatic heterocycles. The molecule has 0 radical (unpaired) electrons. The quantitative estimate of drug-likeness (QED) is 0.669. The van der Waals surface area contributed by atoms with Crippen LogP contribution < -0.4 is 0 Å². The van der Waals surface area contributed by atoms with Gasteiger partial charge in [-0.15, -0.1) is 0 Å². The molecule has 0 rings (SSSR count). The van der Waals surface area contributed by atoms with E-state index in [1.54, 1.807) is 0 Å². The Morgan fingerprint density at radius 1 is 0.579 bits per heavy atom. The third-order valence-corrected chi connectivity index (χ3v) is 1.90. The van der Waals surface area contributed by atoms with Crippen LogP contribution in [-0.2, 0) is 0 Å². The molecule has 0 aliphatic carbocycles. The average Bonchev–Trinajstić information content (AvgIpc) is 2.12. The van der Waals surface area contributed by atoms with Crippen molar-refractivity contribution in [2.75, 3.05) is 0 Å². The zero-order chi connectivity index (χ0) is 15.9. The fourth-order valence-electron chi connectivity index (χ4n) is 0.930. The molecule has 0 N–H and O–H groups in total. The second-order valence-corrected chi connectivity index (χ2v) is 3.14. The van der Waals surface area contributed by atoms with Crippen LogP contribution in [0.4, 0.5) is 52.7 Å². The van der Waals surface area contributed by atoms with Crippen LogP contribution in [0.5, 0.6) is 0 Å². The molecule has 0 saturated heterocycles. The Morgan fingerprint density at radius 2 is 0.895 bits per heavy atom. The molecule has 0 spiro atoms. The Bertz CT molecular complexity index is 330. The average molecular weight is 314 g/mol. The topological polar surface area (TPSA) is 0 Å². The fraction of sp³-hybridized carbons (Fsp3) is 0.714. The van der Waals surface area contributed by atoms with Crippen molar-refractivity contribution in [1.82, 2.24) is 0 Å². The first kappa shape index (κ1) is 17.9. The zero-order valence-corrected chi connectivity index (χ0v) is 8.19. The lowest BCUT2D eigenvalue weighted by atomic mass is 9.90. The summed E-state index contributed by atoms with van der Waals surface area (Å²) in [5, 5.41) is 0. The summed E-state index contributed by atoms with van der Waals surface area (Å²) in [6.45, 7) is 0. The molecule has 19 heavy (non-hydrogen) atoms. The van der Waals surface area contributed by atoms with E-state index < -0.39 is 42.3 Å². The van der Waals surface area contributed by atoms with Gasteiger partial charge in [-0.25, -0.2) is 8.78 Å². The van der Waals surface area contributed by atoms with E-state index in [1.807, 2.05) is 0 Å². The van der Waals surface area contributed by atoms with Crippen LogP contribution in [0.1, 0.15) is 0 Å². The van der Waals surface area contributed by atoms with E-state index in [9.17, 15) is 52.7 Å². The zero-order valence-electron chi connectivity index (χ0n) is 8.19. The molecule has 0 saturated carbocycles. The summed E-state index contributed by atoms with van der Waals surface area (Å²) < 4.78 is 145. The van der Waals surface area contributed by atoms with Crippen LogP contribution in [0, 0.1) is 0 Å². The number of allylic oxidation sites excluding steroid dienone is 1. The molecule has 0 unspecified atom stereocenters. The maximum Gasteiger partial charge on any atom is 0.438 e. The first-order chi connectivity index (χ1) is 8.06. The van der Waals surface area contributed by atoms with Crippen molar-refractivity contribution in [1.29, 1.82) is 0 Å². The maximum atomic E-state index is 12.8. The van der Waals surface area contributed by atoms with E-state index in [1.165, 1.54) is 0 Å². The van der Waals surface area contributed by atoms with Gasteiger partial charge >= 0.3 is 29.9 Å². The van der Waals surface area contributed by atoms with Gasteiger partial charge in [0.15, 0.2) is 0 Å². The lowest BCUT2D eigenvalue weighted by molar-refractivity contribution is -0.420. The summed E-state index contributed by atoms with van der Waals surface area (Å²) in [6.07, 6.45) is -17.8. The van der Waals surface area contributed by atoms with Crippen LogP contribution >= 0.6 is 0 Å². The van der Waals surface area contributed by atoms with Crippen LogP contribution in [0.2, 0.25) is 0 Å². The van der Waals surface area contributed by atoms with Gasteiger partial charge in [-0.1, -0.05) is 0 Å². The van der Waals surface area contributed by atoms with Gasteiger partial charge in [0, 0.05) is 6.08 Å². The van der Waals surface area contributed by atoms with Gasteiger partial charge in [0.2, 0.25) is 0 Å². The minimum Gasteiger partial charge on any atom is -0.216 e. The monoisotopic (exact) mass is 314 g/mol. The highest BCUT2D eigenvalue weighted by molar-refractivity contribution is 5.15. The molecule has 0 aliphatic rings. The Labute approximate surface area is 96.2 Å². The van der Waals surface area contributed by atoms with E-state index in [0.29, 0.717) is 0 Å².